The molecule has 2 aromatic heterocycles. The molecule has 1 saturated heterocycles. The number of hydrogen-bond acceptors (Lipinski definition) is 5. The van der Waals surface area contributed by atoms with Crippen molar-refractivity contribution >= 4 is 15.9 Å². The molecule has 8 nitrogen and oxygen atoms in total. The standard InChI is InChI=1S/C20H30N4O4S/c1-15(9-10-18-8-6-12-28-18)22(3)20(25)17-7-5-11-24(14-17)29(26,27)19-13-21-23(4)16(19)2/h6,8,12-13,15,17H,5,7,9-11,14H2,1-4H3/t15-,17+/m1/s1. The molecule has 0 N–H and O–H groups in total. The lowest BCUT2D eigenvalue weighted by Gasteiger charge is -2.35. The van der Waals surface area contributed by atoms with E-state index in [-0.39, 0.29) is 29.3 Å². The van der Waals surface area contributed by atoms with Crippen LogP contribution in [0, 0.1) is 12.8 Å². The molecule has 3 heterocycles. The van der Waals surface area contributed by atoms with Gasteiger partial charge in [-0.15, -0.1) is 0 Å². The van der Waals surface area contributed by atoms with E-state index in [0.29, 0.717) is 25.1 Å². The summed E-state index contributed by atoms with van der Waals surface area (Å²) in [5, 5.41) is 4.05. The highest BCUT2D eigenvalue weighted by Crippen LogP contribution is 2.27. The first-order chi connectivity index (χ1) is 13.7. The van der Waals surface area contributed by atoms with Crippen LogP contribution in [0.3, 0.4) is 0 Å². The number of rotatable bonds is 7. The molecule has 0 radical (unpaired) electrons. The average Bonchev–Trinajstić information content (AvgIpc) is 3.35. The Morgan fingerprint density at radius 2 is 2.21 bits per heavy atom. The van der Waals surface area contributed by atoms with Crippen molar-refractivity contribution in [2.75, 3.05) is 20.1 Å². The predicted molar refractivity (Wildman–Crippen MR) is 109 cm³/mol. The Kier molecular flexibility index (Phi) is 6.48. The van der Waals surface area contributed by atoms with Gasteiger partial charge in [-0.05, 0) is 45.2 Å². The number of furan rings is 1. The van der Waals surface area contributed by atoms with E-state index in [4.69, 9.17) is 4.42 Å². The number of carbonyl (C=O) groups is 1. The molecule has 0 aromatic carbocycles. The molecule has 0 aliphatic carbocycles. The number of nitrogens with zero attached hydrogens (tertiary/aromatic N) is 4. The second-order valence-electron chi connectivity index (χ2n) is 7.84. The van der Waals surface area contributed by atoms with Gasteiger partial charge in [-0.1, -0.05) is 0 Å². The first-order valence-electron chi connectivity index (χ1n) is 9.99. The van der Waals surface area contributed by atoms with Crippen LogP contribution < -0.4 is 0 Å². The molecule has 2 atom stereocenters. The van der Waals surface area contributed by atoms with E-state index >= 15 is 0 Å². The van der Waals surface area contributed by atoms with Gasteiger partial charge in [0.05, 0.1) is 24.1 Å². The highest BCUT2D eigenvalue weighted by molar-refractivity contribution is 7.89. The van der Waals surface area contributed by atoms with Crippen LogP contribution in [0.25, 0.3) is 0 Å². The van der Waals surface area contributed by atoms with E-state index in [9.17, 15) is 13.2 Å². The fourth-order valence-electron chi connectivity index (χ4n) is 3.74. The van der Waals surface area contributed by atoms with Gasteiger partial charge in [0.25, 0.3) is 0 Å². The van der Waals surface area contributed by atoms with Gasteiger partial charge >= 0.3 is 0 Å². The highest BCUT2D eigenvalue weighted by atomic mass is 32.2. The SMILES string of the molecule is Cc1c(S(=O)(=O)N2CCC[C@H](C(=O)N(C)[C@H](C)CCc3ccco3)C2)cnn1C. The third kappa shape index (κ3) is 4.56. The van der Waals surface area contributed by atoms with Gasteiger partial charge in [-0.3, -0.25) is 9.48 Å². The number of aromatic nitrogens is 2. The second-order valence-corrected chi connectivity index (χ2v) is 9.74. The molecule has 29 heavy (non-hydrogen) atoms. The summed E-state index contributed by atoms with van der Waals surface area (Å²) in [6.07, 6.45) is 5.96. The summed E-state index contributed by atoms with van der Waals surface area (Å²) >= 11 is 0. The van der Waals surface area contributed by atoms with Gasteiger partial charge in [0.1, 0.15) is 10.7 Å². The van der Waals surface area contributed by atoms with E-state index in [1.807, 2.05) is 19.1 Å². The summed E-state index contributed by atoms with van der Waals surface area (Å²) in [5.41, 5.74) is 0.599. The monoisotopic (exact) mass is 422 g/mol. The molecule has 1 aliphatic heterocycles. The van der Waals surface area contributed by atoms with Crippen LogP contribution in [0.15, 0.2) is 33.9 Å². The minimum Gasteiger partial charge on any atom is -0.469 e. The second kappa shape index (κ2) is 8.71. The Balaban J connectivity index is 1.64. The fraction of sp³-hybridized carbons (Fsp3) is 0.600. The lowest BCUT2D eigenvalue weighted by molar-refractivity contribution is -0.137. The summed E-state index contributed by atoms with van der Waals surface area (Å²) < 4.78 is 34.5. The Bertz CT molecular complexity index is 936. The minimum atomic E-state index is -3.66. The van der Waals surface area contributed by atoms with E-state index in [1.54, 1.807) is 36.9 Å². The predicted octanol–water partition coefficient (Wildman–Crippen LogP) is 2.20. The zero-order valence-electron chi connectivity index (χ0n) is 17.5. The number of carbonyl (C=O) groups excluding carboxylic acids is 1. The van der Waals surface area contributed by atoms with Crippen molar-refractivity contribution in [2.24, 2.45) is 13.0 Å². The number of hydrogen-bond donors (Lipinski definition) is 0. The molecule has 1 aliphatic rings. The first-order valence-corrected chi connectivity index (χ1v) is 11.4. The Labute approximate surface area is 172 Å². The molecule has 0 spiro atoms. The third-order valence-corrected chi connectivity index (χ3v) is 7.91. The van der Waals surface area contributed by atoms with Crippen LogP contribution in [-0.4, -0.2) is 59.5 Å². The van der Waals surface area contributed by atoms with Crippen LogP contribution in [0.1, 0.15) is 37.6 Å². The van der Waals surface area contributed by atoms with Gasteiger partial charge in [0.15, 0.2) is 0 Å². The van der Waals surface area contributed by atoms with Crippen molar-refractivity contribution in [2.45, 2.75) is 50.5 Å². The molecule has 3 rings (SSSR count). The van der Waals surface area contributed by atoms with Crippen LogP contribution in [0.4, 0.5) is 0 Å². The van der Waals surface area contributed by atoms with E-state index in [0.717, 1.165) is 18.6 Å². The summed E-state index contributed by atoms with van der Waals surface area (Å²) in [5.74, 6) is 0.575. The highest BCUT2D eigenvalue weighted by Gasteiger charge is 2.36. The number of amides is 1. The van der Waals surface area contributed by atoms with Crippen molar-refractivity contribution in [3.63, 3.8) is 0 Å². The van der Waals surface area contributed by atoms with Crippen LogP contribution in [-0.2, 0) is 28.3 Å². The summed E-state index contributed by atoms with van der Waals surface area (Å²) in [6.45, 7) is 4.39. The summed E-state index contributed by atoms with van der Waals surface area (Å²) in [7, 11) is -0.140. The van der Waals surface area contributed by atoms with Crippen molar-refractivity contribution in [1.82, 2.24) is 19.0 Å². The molecule has 0 saturated carbocycles. The largest absolute Gasteiger partial charge is 0.469 e. The van der Waals surface area contributed by atoms with Crippen molar-refractivity contribution < 1.29 is 17.6 Å². The first kappa shape index (κ1) is 21.6. The topological polar surface area (TPSA) is 88.7 Å². The average molecular weight is 423 g/mol. The Hall–Kier alpha value is -2.13. The molecule has 160 valence electrons. The van der Waals surface area contributed by atoms with Gasteiger partial charge < -0.3 is 9.32 Å². The maximum Gasteiger partial charge on any atom is 0.246 e. The van der Waals surface area contributed by atoms with Gasteiger partial charge in [-0.25, -0.2) is 8.42 Å². The van der Waals surface area contributed by atoms with Crippen molar-refractivity contribution in [1.29, 1.82) is 0 Å². The van der Waals surface area contributed by atoms with E-state index in [2.05, 4.69) is 5.10 Å². The van der Waals surface area contributed by atoms with E-state index < -0.39 is 10.0 Å². The molecule has 2 aromatic rings. The van der Waals surface area contributed by atoms with Crippen molar-refractivity contribution in [3.8, 4) is 0 Å². The normalized spacial score (nSPS) is 19.2. The zero-order chi connectivity index (χ0) is 21.2. The van der Waals surface area contributed by atoms with Crippen LogP contribution in [0.5, 0.6) is 0 Å². The van der Waals surface area contributed by atoms with Crippen LogP contribution in [0.2, 0.25) is 0 Å². The molecule has 0 bridgehead atoms. The summed E-state index contributed by atoms with van der Waals surface area (Å²) in [6, 6.07) is 3.83. The maximum absolute atomic E-state index is 13.1. The molecule has 9 heteroatoms. The Morgan fingerprint density at radius 1 is 1.45 bits per heavy atom. The van der Waals surface area contributed by atoms with Crippen molar-refractivity contribution in [3.05, 3.63) is 36.0 Å². The minimum absolute atomic E-state index is 0.000228. The molecular formula is C20H30N4O4S. The molecule has 1 fully saturated rings. The van der Waals surface area contributed by atoms with Gasteiger partial charge in [0.2, 0.25) is 15.9 Å². The number of sulfonamides is 1. The Morgan fingerprint density at radius 3 is 2.83 bits per heavy atom. The lowest BCUT2D eigenvalue weighted by Crippen LogP contribution is -2.47. The fourth-order valence-corrected chi connectivity index (χ4v) is 5.45. The number of aryl methyl sites for hydroxylation is 2. The van der Waals surface area contributed by atoms with E-state index in [1.165, 1.54) is 10.5 Å². The molecular weight excluding hydrogens is 392 g/mol. The quantitative estimate of drug-likeness (QED) is 0.683. The van der Waals surface area contributed by atoms with Gasteiger partial charge in [0, 0.05) is 39.6 Å². The van der Waals surface area contributed by atoms with Crippen LogP contribution >= 0.6 is 0 Å². The molecule has 0 unspecified atom stereocenters. The smallest absolute Gasteiger partial charge is 0.246 e. The maximum atomic E-state index is 13.1. The summed E-state index contributed by atoms with van der Waals surface area (Å²) in [4.78, 5) is 15.0. The lowest BCUT2D eigenvalue weighted by atomic mass is 9.97. The zero-order valence-corrected chi connectivity index (χ0v) is 18.4. The van der Waals surface area contributed by atoms with Gasteiger partial charge in [-0.2, -0.15) is 9.40 Å². The third-order valence-electron chi connectivity index (χ3n) is 5.94. The number of piperidine rings is 1. The molecule has 1 amide bonds.